The highest BCUT2D eigenvalue weighted by Crippen LogP contribution is 2.40. The maximum Gasteiger partial charge on any atom is 0.290 e. The summed E-state index contributed by atoms with van der Waals surface area (Å²) in [6, 6.07) is 19.6. The first-order chi connectivity index (χ1) is 15.8. The normalized spacial score (nSPS) is 15.8. The number of aryl methyl sites for hydroxylation is 1. The molecule has 2 N–H and O–H groups in total. The molecule has 0 radical (unpaired) electrons. The van der Waals surface area contributed by atoms with E-state index >= 15 is 0 Å². The van der Waals surface area contributed by atoms with Gasteiger partial charge in [0.25, 0.3) is 5.91 Å². The molecule has 4 aromatic rings. The number of amides is 1. The lowest BCUT2D eigenvalue weighted by atomic mass is 9.90. The summed E-state index contributed by atoms with van der Waals surface area (Å²) in [7, 11) is 0. The van der Waals surface area contributed by atoms with Crippen molar-refractivity contribution in [2.45, 2.75) is 38.8 Å². The molecule has 1 aliphatic heterocycles. The smallest absolute Gasteiger partial charge is 0.290 e. The zero-order valence-electron chi connectivity index (χ0n) is 19.0. The van der Waals surface area contributed by atoms with Gasteiger partial charge in [0.2, 0.25) is 0 Å². The highest BCUT2D eigenvalue weighted by molar-refractivity contribution is 5.93. The van der Waals surface area contributed by atoms with Gasteiger partial charge >= 0.3 is 0 Å². The Morgan fingerprint density at radius 2 is 1.88 bits per heavy atom. The van der Waals surface area contributed by atoms with Crippen LogP contribution in [0.15, 0.2) is 65.1 Å². The summed E-state index contributed by atoms with van der Waals surface area (Å²) in [5.74, 6) is 5.95. The molecule has 0 saturated heterocycles. The average Bonchev–Trinajstić information content (AvgIpc) is 3.41. The van der Waals surface area contributed by atoms with Crippen LogP contribution in [0.3, 0.4) is 0 Å². The summed E-state index contributed by atoms with van der Waals surface area (Å²) in [6.07, 6.45) is 0.763. The zero-order chi connectivity index (χ0) is 23.2. The first-order valence-corrected chi connectivity index (χ1v) is 11.1. The number of aromatic amines is 1. The van der Waals surface area contributed by atoms with Gasteiger partial charge in [-0.15, -0.1) is 0 Å². The number of para-hydroxylation sites is 1. The number of hydrogen-bond acceptors (Lipinski definition) is 3. The van der Waals surface area contributed by atoms with Crippen LogP contribution in [0.5, 0.6) is 0 Å². The van der Waals surface area contributed by atoms with E-state index in [4.69, 9.17) is 4.42 Å². The Hall–Kier alpha value is -3.75. The quantitative estimate of drug-likeness (QED) is 0.434. The summed E-state index contributed by atoms with van der Waals surface area (Å²) in [5.41, 5.74) is 4.48. The van der Waals surface area contributed by atoms with E-state index in [0.717, 1.165) is 28.8 Å². The third-order valence-corrected chi connectivity index (χ3v) is 6.09. The molecule has 5 heteroatoms. The second-order valence-corrected chi connectivity index (χ2v) is 9.04. The fourth-order valence-corrected chi connectivity index (χ4v) is 4.55. The zero-order valence-corrected chi connectivity index (χ0v) is 19.0. The van der Waals surface area contributed by atoms with Crippen LogP contribution in [0.4, 0.5) is 0 Å². The molecule has 1 aliphatic rings. The Morgan fingerprint density at radius 3 is 2.67 bits per heavy atom. The van der Waals surface area contributed by atoms with Gasteiger partial charge in [0, 0.05) is 23.1 Å². The molecular weight excluding hydrogens is 412 g/mol. The number of nitrogens with one attached hydrogen (secondary N) is 1. The van der Waals surface area contributed by atoms with Gasteiger partial charge < -0.3 is 19.4 Å². The number of hydrogen-bond donors (Lipinski definition) is 2. The van der Waals surface area contributed by atoms with Gasteiger partial charge in [0.15, 0.2) is 11.5 Å². The van der Waals surface area contributed by atoms with Gasteiger partial charge in [-0.3, -0.25) is 4.79 Å². The number of nitrogens with zero attached hydrogens (tertiary/aromatic N) is 1. The van der Waals surface area contributed by atoms with E-state index in [1.807, 2.05) is 23.1 Å². The van der Waals surface area contributed by atoms with E-state index in [1.54, 1.807) is 26.0 Å². The summed E-state index contributed by atoms with van der Waals surface area (Å²) >= 11 is 0. The summed E-state index contributed by atoms with van der Waals surface area (Å²) < 4.78 is 5.77. The van der Waals surface area contributed by atoms with E-state index in [-0.39, 0.29) is 17.7 Å². The van der Waals surface area contributed by atoms with Crippen LogP contribution in [0.25, 0.3) is 10.9 Å². The van der Waals surface area contributed by atoms with Crippen molar-refractivity contribution in [1.29, 1.82) is 0 Å². The topological polar surface area (TPSA) is 69.5 Å². The largest absolute Gasteiger partial charge is 0.443 e. The lowest BCUT2D eigenvalue weighted by molar-refractivity contribution is 0.0658. The second kappa shape index (κ2) is 7.99. The Balaban J connectivity index is 1.58. The molecule has 1 atom stereocenters. The lowest BCUT2D eigenvalue weighted by Crippen LogP contribution is -2.40. The maximum absolute atomic E-state index is 13.7. The molecule has 0 saturated carbocycles. The minimum atomic E-state index is -1.13. The van der Waals surface area contributed by atoms with Crippen molar-refractivity contribution < 1.29 is 14.3 Å². The Kier molecular flexibility index (Phi) is 5.11. The minimum Gasteiger partial charge on any atom is -0.443 e. The average molecular weight is 439 g/mol. The third kappa shape index (κ3) is 3.94. The van der Waals surface area contributed by atoms with Crippen LogP contribution in [0.1, 0.15) is 58.6 Å². The summed E-state index contributed by atoms with van der Waals surface area (Å²) in [6.45, 7) is 5.87. The van der Waals surface area contributed by atoms with E-state index in [2.05, 4.69) is 54.1 Å². The highest BCUT2D eigenvalue weighted by Gasteiger charge is 2.36. The second-order valence-electron chi connectivity index (χ2n) is 9.04. The van der Waals surface area contributed by atoms with Crippen LogP contribution in [0, 0.1) is 18.8 Å². The van der Waals surface area contributed by atoms with Crippen molar-refractivity contribution in [1.82, 2.24) is 9.88 Å². The summed E-state index contributed by atoms with van der Waals surface area (Å²) in [5, 5.41) is 11.1. The van der Waals surface area contributed by atoms with Gasteiger partial charge in [-0.05, 0) is 68.0 Å². The predicted octanol–water partition coefficient (Wildman–Crippen LogP) is 4.98. The molecule has 33 heavy (non-hydrogen) atoms. The van der Waals surface area contributed by atoms with E-state index in [9.17, 15) is 9.90 Å². The first kappa shape index (κ1) is 21.1. The monoisotopic (exact) mass is 438 g/mol. The van der Waals surface area contributed by atoms with Crippen LogP contribution in [0.2, 0.25) is 0 Å². The van der Waals surface area contributed by atoms with Crippen LogP contribution >= 0.6 is 0 Å². The number of fused-ring (bicyclic) bond motifs is 3. The molecule has 0 spiro atoms. The number of benzene rings is 2. The SMILES string of the molecule is Cc1ccccc1[C@@H]1c2[nH]c3ccccc3c2CCN1C(=O)c1ccc(C#CC(C)(C)O)o1. The number of rotatable bonds is 2. The van der Waals surface area contributed by atoms with E-state index in [0.29, 0.717) is 12.3 Å². The fraction of sp³-hybridized carbons (Fsp3) is 0.250. The number of carbonyl (C=O) groups excluding carboxylic acids is 1. The van der Waals surface area contributed by atoms with Crippen LogP contribution in [-0.4, -0.2) is 33.0 Å². The molecule has 3 heterocycles. The fourth-order valence-electron chi connectivity index (χ4n) is 4.55. The van der Waals surface area contributed by atoms with Gasteiger partial charge in [-0.2, -0.15) is 0 Å². The number of aliphatic hydroxyl groups is 1. The molecule has 0 aliphatic carbocycles. The van der Waals surface area contributed by atoms with Crippen LogP contribution in [-0.2, 0) is 6.42 Å². The molecule has 0 unspecified atom stereocenters. The number of aromatic nitrogens is 1. The molecule has 0 bridgehead atoms. The van der Waals surface area contributed by atoms with Gasteiger partial charge in [-0.1, -0.05) is 48.4 Å². The van der Waals surface area contributed by atoms with Crippen molar-refractivity contribution in [3.8, 4) is 11.8 Å². The number of H-pyrrole nitrogens is 1. The molecule has 166 valence electrons. The highest BCUT2D eigenvalue weighted by atomic mass is 16.4. The van der Waals surface area contributed by atoms with Crippen molar-refractivity contribution >= 4 is 16.8 Å². The Bertz CT molecular complexity index is 1410. The lowest BCUT2D eigenvalue weighted by Gasteiger charge is -2.36. The molecule has 2 aromatic carbocycles. The maximum atomic E-state index is 13.7. The Labute approximate surface area is 193 Å². The van der Waals surface area contributed by atoms with Crippen molar-refractivity contribution in [3.05, 3.63) is 94.6 Å². The third-order valence-electron chi connectivity index (χ3n) is 6.09. The van der Waals surface area contributed by atoms with E-state index < -0.39 is 5.60 Å². The predicted molar refractivity (Wildman–Crippen MR) is 128 cm³/mol. The first-order valence-electron chi connectivity index (χ1n) is 11.1. The molecule has 5 rings (SSSR count). The molecule has 2 aromatic heterocycles. The number of carbonyl (C=O) groups is 1. The van der Waals surface area contributed by atoms with Crippen molar-refractivity contribution in [3.63, 3.8) is 0 Å². The van der Waals surface area contributed by atoms with Crippen molar-refractivity contribution in [2.75, 3.05) is 6.54 Å². The van der Waals surface area contributed by atoms with Gasteiger partial charge in [-0.25, -0.2) is 0 Å². The minimum absolute atomic E-state index is 0.177. The summed E-state index contributed by atoms with van der Waals surface area (Å²) in [4.78, 5) is 19.1. The van der Waals surface area contributed by atoms with Gasteiger partial charge in [0.1, 0.15) is 5.60 Å². The Morgan fingerprint density at radius 1 is 1.12 bits per heavy atom. The van der Waals surface area contributed by atoms with Gasteiger partial charge in [0.05, 0.1) is 6.04 Å². The molecule has 1 amide bonds. The molecule has 0 fully saturated rings. The molecule has 5 nitrogen and oxygen atoms in total. The molecular formula is C28H26N2O3. The standard InChI is InChI=1S/C28H26N2O3/c1-18-8-4-5-9-20(18)26-25-22(21-10-6-7-11-23(21)29-25)15-17-30(26)27(31)24-13-12-19(33-24)14-16-28(2,3)32/h4-13,26,29,32H,15,17H2,1-3H3/t26-/m1/s1. The number of furan rings is 1. The van der Waals surface area contributed by atoms with E-state index in [1.165, 1.54) is 10.9 Å². The van der Waals surface area contributed by atoms with Crippen LogP contribution < -0.4 is 0 Å². The van der Waals surface area contributed by atoms with Crippen molar-refractivity contribution in [2.24, 2.45) is 0 Å².